The number of hydrogen-bond acceptors (Lipinski definition) is 5. The predicted molar refractivity (Wildman–Crippen MR) is 70.5 cm³/mol. The number of aromatic carboxylic acids is 1. The second kappa shape index (κ2) is 5.24. The lowest BCUT2D eigenvalue weighted by Crippen LogP contribution is -2.47. The van der Waals surface area contributed by atoms with Crippen molar-refractivity contribution in [2.45, 2.75) is 0 Å². The lowest BCUT2D eigenvalue weighted by Gasteiger charge is -2.33. The maximum Gasteiger partial charge on any atom is 0.337 e. The summed E-state index contributed by atoms with van der Waals surface area (Å²) in [6, 6.07) is 4.77. The van der Waals surface area contributed by atoms with Gasteiger partial charge in [0, 0.05) is 31.9 Å². The van der Waals surface area contributed by atoms with Crippen LogP contribution in [0.1, 0.15) is 10.4 Å². The van der Waals surface area contributed by atoms with Crippen molar-refractivity contribution < 1.29 is 9.90 Å². The highest BCUT2D eigenvalue weighted by molar-refractivity contribution is 5.94. The van der Waals surface area contributed by atoms with Crippen LogP contribution in [0.4, 0.5) is 11.4 Å². The van der Waals surface area contributed by atoms with Gasteiger partial charge in [0.1, 0.15) is 0 Å². The smallest absolute Gasteiger partial charge is 0.337 e. The number of benzene rings is 1. The molecule has 0 radical (unpaired) electrons. The lowest BCUT2D eigenvalue weighted by atomic mass is 10.1. The number of hydrogen-bond donors (Lipinski definition) is 3. The highest BCUT2D eigenvalue weighted by Gasteiger charge is 2.16. The van der Waals surface area contributed by atoms with Crippen LogP contribution in [0.25, 0.3) is 0 Å². The average Bonchev–Trinajstić information content (AvgIpc) is 2.32. The molecule has 0 unspecified atom stereocenters. The molecule has 1 fully saturated rings. The normalized spacial score (nSPS) is 17.6. The van der Waals surface area contributed by atoms with Gasteiger partial charge in [0.25, 0.3) is 0 Å². The van der Waals surface area contributed by atoms with Gasteiger partial charge in [-0.1, -0.05) is 0 Å². The molecular formula is C12H18N4O2. The quantitative estimate of drug-likeness (QED) is 0.679. The zero-order valence-corrected chi connectivity index (χ0v) is 10.4. The van der Waals surface area contributed by atoms with E-state index in [2.05, 4.69) is 17.4 Å². The molecule has 98 valence electrons. The van der Waals surface area contributed by atoms with Gasteiger partial charge >= 0.3 is 5.97 Å². The first-order valence-electron chi connectivity index (χ1n) is 5.89. The number of nitrogens with one attached hydrogen (secondary N) is 1. The Kier molecular flexibility index (Phi) is 3.69. The van der Waals surface area contributed by atoms with E-state index in [1.165, 1.54) is 6.07 Å². The molecule has 1 saturated heterocycles. The van der Waals surface area contributed by atoms with Crippen molar-refractivity contribution in [3.63, 3.8) is 0 Å². The van der Waals surface area contributed by atoms with Gasteiger partial charge in [-0.25, -0.2) is 9.80 Å². The van der Waals surface area contributed by atoms with E-state index in [0.29, 0.717) is 11.4 Å². The van der Waals surface area contributed by atoms with E-state index in [4.69, 9.17) is 10.8 Å². The molecule has 1 aliphatic heterocycles. The molecule has 6 nitrogen and oxygen atoms in total. The van der Waals surface area contributed by atoms with Crippen LogP contribution in [0.15, 0.2) is 18.2 Å². The minimum Gasteiger partial charge on any atom is -0.478 e. The molecule has 0 amide bonds. The molecule has 1 heterocycles. The Morgan fingerprint density at radius 2 is 2.00 bits per heavy atom. The van der Waals surface area contributed by atoms with Crippen LogP contribution >= 0.6 is 0 Å². The van der Waals surface area contributed by atoms with E-state index >= 15 is 0 Å². The zero-order chi connectivity index (χ0) is 13.1. The lowest BCUT2D eigenvalue weighted by molar-refractivity contribution is 0.0697. The first kappa shape index (κ1) is 12.7. The molecule has 1 aromatic rings. The number of nitrogens with zero attached hydrogens (tertiary/aromatic N) is 2. The number of anilines is 2. The maximum absolute atomic E-state index is 11.1. The van der Waals surface area contributed by atoms with Crippen molar-refractivity contribution in [1.29, 1.82) is 0 Å². The molecule has 0 aromatic heterocycles. The molecule has 1 aromatic carbocycles. The number of hydrazine groups is 1. The van der Waals surface area contributed by atoms with E-state index in [0.717, 1.165) is 26.2 Å². The predicted octanol–water partition coefficient (Wildman–Crippen LogP) is 0.541. The zero-order valence-electron chi connectivity index (χ0n) is 10.4. The average molecular weight is 250 g/mol. The van der Waals surface area contributed by atoms with Crippen LogP contribution in [0, 0.1) is 0 Å². The van der Waals surface area contributed by atoms with Crippen molar-refractivity contribution in [2.75, 3.05) is 44.4 Å². The topological polar surface area (TPSA) is 81.8 Å². The summed E-state index contributed by atoms with van der Waals surface area (Å²) in [5.41, 5.74) is 10.2. The number of rotatable bonds is 3. The third kappa shape index (κ3) is 2.91. The summed E-state index contributed by atoms with van der Waals surface area (Å²) < 4.78 is 0. The number of nitrogen functional groups attached to an aromatic ring is 1. The molecular weight excluding hydrogens is 232 g/mol. The third-order valence-corrected chi connectivity index (χ3v) is 3.06. The molecule has 4 N–H and O–H groups in total. The Morgan fingerprint density at radius 1 is 1.33 bits per heavy atom. The highest BCUT2D eigenvalue weighted by atomic mass is 16.4. The standard InChI is InChI=1S/C12H18N4O2/c1-15-4-6-16(7-5-15)14-11-8-9(13)2-3-10(11)12(17)18/h2-3,8,14H,4-7,13H2,1H3,(H,17,18). The fraction of sp³-hybridized carbons (Fsp3) is 0.417. The number of carboxylic acid groups (broad SMARTS) is 1. The van der Waals surface area contributed by atoms with E-state index in [9.17, 15) is 4.79 Å². The van der Waals surface area contributed by atoms with Crippen molar-refractivity contribution >= 4 is 17.3 Å². The summed E-state index contributed by atoms with van der Waals surface area (Å²) in [5, 5.41) is 11.1. The number of piperazine rings is 1. The fourth-order valence-electron chi connectivity index (χ4n) is 1.93. The maximum atomic E-state index is 11.1. The number of likely N-dealkylation sites (N-methyl/N-ethyl adjacent to an activating group) is 1. The highest BCUT2D eigenvalue weighted by Crippen LogP contribution is 2.20. The molecule has 0 atom stereocenters. The summed E-state index contributed by atoms with van der Waals surface area (Å²) in [5.74, 6) is -0.952. The van der Waals surface area contributed by atoms with Gasteiger partial charge in [-0.3, -0.25) is 0 Å². The number of carboxylic acids is 1. The fourth-order valence-corrected chi connectivity index (χ4v) is 1.93. The molecule has 6 heteroatoms. The monoisotopic (exact) mass is 250 g/mol. The summed E-state index contributed by atoms with van der Waals surface area (Å²) in [7, 11) is 2.07. The van der Waals surface area contributed by atoms with Crippen molar-refractivity contribution in [3.05, 3.63) is 23.8 Å². The minimum absolute atomic E-state index is 0.239. The molecule has 0 bridgehead atoms. The van der Waals surface area contributed by atoms with Gasteiger partial charge in [-0.05, 0) is 25.2 Å². The SMILES string of the molecule is CN1CCN(Nc2cc(N)ccc2C(=O)O)CC1. The van der Waals surface area contributed by atoms with E-state index < -0.39 is 5.97 Å². The minimum atomic E-state index is -0.952. The van der Waals surface area contributed by atoms with Crippen LogP contribution in [-0.4, -0.2) is 54.2 Å². The van der Waals surface area contributed by atoms with Gasteiger partial charge in [-0.15, -0.1) is 0 Å². The summed E-state index contributed by atoms with van der Waals surface area (Å²) >= 11 is 0. The van der Waals surface area contributed by atoms with Crippen LogP contribution in [-0.2, 0) is 0 Å². The van der Waals surface area contributed by atoms with Gasteiger partial charge in [0.15, 0.2) is 0 Å². The Bertz CT molecular complexity index is 442. The van der Waals surface area contributed by atoms with Crippen molar-refractivity contribution in [1.82, 2.24) is 9.91 Å². The van der Waals surface area contributed by atoms with Gasteiger partial charge in [0.05, 0.1) is 11.3 Å². The van der Waals surface area contributed by atoms with Gasteiger partial charge in [-0.2, -0.15) is 0 Å². The first-order chi connectivity index (χ1) is 8.56. The Morgan fingerprint density at radius 3 is 2.61 bits per heavy atom. The van der Waals surface area contributed by atoms with Gasteiger partial charge in [0.2, 0.25) is 0 Å². The third-order valence-electron chi connectivity index (χ3n) is 3.06. The number of nitrogens with two attached hydrogens (primary N) is 1. The van der Waals surface area contributed by atoms with Gasteiger partial charge < -0.3 is 21.2 Å². The van der Waals surface area contributed by atoms with Crippen LogP contribution in [0.5, 0.6) is 0 Å². The molecule has 2 rings (SSSR count). The summed E-state index contributed by atoms with van der Waals surface area (Å²) in [6.07, 6.45) is 0. The molecule has 1 aliphatic rings. The van der Waals surface area contributed by atoms with E-state index in [1.54, 1.807) is 12.1 Å². The van der Waals surface area contributed by atoms with Crippen LogP contribution in [0.2, 0.25) is 0 Å². The largest absolute Gasteiger partial charge is 0.478 e. The second-order valence-corrected chi connectivity index (χ2v) is 4.51. The Labute approximate surface area is 106 Å². The molecule has 0 saturated carbocycles. The van der Waals surface area contributed by atoms with Crippen LogP contribution < -0.4 is 11.2 Å². The molecule has 0 aliphatic carbocycles. The number of carbonyl (C=O) groups is 1. The Balaban J connectivity index is 2.12. The van der Waals surface area contributed by atoms with E-state index in [1.807, 2.05) is 5.01 Å². The van der Waals surface area contributed by atoms with Crippen molar-refractivity contribution in [2.24, 2.45) is 0 Å². The van der Waals surface area contributed by atoms with Crippen LogP contribution in [0.3, 0.4) is 0 Å². The Hall–Kier alpha value is -1.79. The van der Waals surface area contributed by atoms with E-state index in [-0.39, 0.29) is 5.56 Å². The first-order valence-corrected chi connectivity index (χ1v) is 5.89. The molecule has 0 spiro atoms. The molecule has 18 heavy (non-hydrogen) atoms. The van der Waals surface area contributed by atoms with Crippen molar-refractivity contribution in [3.8, 4) is 0 Å². The summed E-state index contributed by atoms with van der Waals surface area (Å²) in [6.45, 7) is 3.62. The second-order valence-electron chi connectivity index (χ2n) is 4.51. The summed E-state index contributed by atoms with van der Waals surface area (Å²) in [4.78, 5) is 13.4.